The Labute approximate surface area is 127 Å². The van der Waals surface area contributed by atoms with Crippen LogP contribution in [-0.4, -0.2) is 24.2 Å². The van der Waals surface area contributed by atoms with E-state index in [-0.39, 0.29) is 0 Å². The van der Waals surface area contributed by atoms with Gasteiger partial charge in [-0.15, -0.1) is 11.3 Å². The predicted molar refractivity (Wildman–Crippen MR) is 85.5 cm³/mol. The number of methoxy groups -OCH3 is 2. The van der Waals surface area contributed by atoms with Crippen molar-refractivity contribution in [2.24, 2.45) is 0 Å². The van der Waals surface area contributed by atoms with Gasteiger partial charge in [-0.1, -0.05) is 6.07 Å². The molecule has 1 aromatic carbocycles. The van der Waals surface area contributed by atoms with E-state index in [4.69, 9.17) is 9.47 Å². The summed E-state index contributed by atoms with van der Waals surface area (Å²) in [7, 11) is 3.28. The lowest BCUT2D eigenvalue weighted by molar-refractivity contribution is 0.356. The maximum Gasteiger partial charge on any atom is 0.163 e. The highest BCUT2D eigenvalue weighted by molar-refractivity contribution is 7.09. The Morgan fingerprint density at radius 2 is 1.95 bits per heavy atom. The van der Waals surface area contributed by atoms with Crippen LogP contribution in [0.2, 0.25) is 0 Å². The van der Waals surface area contributed by atoms with Gasteiger partial charge in [0, 0.05) is 23.4 Å². The van der Waals surface area contributed by atoms with Crippen molar-refractivity contribution in [3.63, 3.8) is 0 Å². The van der Waals surface area contributed by atoms with Gasteiger partial charge < -0.3 is 14.5 Å². The first-order valence-electron chi connectivity index (χ1n) is 6.93. The number of nitrogens with zero attached hydrogens (tertiary/aromatic N) is 1. The zero-order valence-electron chi connectivity index (χ0n) is 12.2. The minimum atomic E-state index is 0.710. The maximum atomic E-state index is 5.31. The number of aromatic nitrogens is 2. The van der Waals surface area contributed by atoms with E-state index in [1.807, 2.05) is 23.5 Å². The van der Waals surface area contributed by atoms with Gasteiger partial charge in [-0.25, -0.2) is 4.98 Å². The van der Waals surface area contributed by atoms with Gasteiger partial charge in [-0.2, -0.15) is 0 Å². The SMILES string of the molecule is COc1cc2nc(CCCc3cccs3)[nH]c2cc1OC. The first kappa shape index (κ1) is 13.9. The molecule has 110 valence electrons. The fourth-order valence-electron chi connectivity index (χ4n) is 2.39. The number of rotatable bonds is 6. The van der Waals surface area contributed by atoms with E-state index in [1.54, 1.807) is 14.2 Å². The van der Waals surface area contributed by atoms with E-state index in [2.05, 4.69) is 27.5 Å². The van der Waals surface area contributed by atoms with Gasteiger partial charge in [0.15, 0.2) is 11.5 Å². The number of fused-ring (bicyclic) bond motifs is 1. The quantitative estimate of drug-likeness (QED) is 0.753. The number of nitrogens with one attached hydrogen (secondary N) is 1. The lowest BCUT2D eigenvalue weighted by atomic mass is 10.2. The first-order valence-corrected chi connectivity index (χ1v) is 7.81. The van der Waals surface area contributed by atoms with Crippen molar-refractivity contribution < 1.29 is 9.47 Å². The third-order valence-electron chi connectivity index (χ3n) is 3.45. The largest absolute Gasteiger partial charge is 0.493 e. The van der Waals surface area contributed by atoms with Crippen LogP contribution in [0.4, 0.5) is 0 Å². The average Bonchev–Trinajstić information content (AvgIpc) is 3.14. The minimum absolute atomic E-state index is 0.710. The van der Waals surface area contributed by atoms with Crippen LogP contribution in [0, 0.1) is 0 Å². The molecule has 2 heterocycles. The van der Waals surface area contributed by atoms with Crippen LogP contribution in [0.15, 0.2) is 29.6 Å². The fraction of sp³-hybridized carbons (Fsp3) is 0.312. The minimum Gasteiger partial charge on any atom is -0.493 e. The van der Waals surface area contributed by atoms with Gasteiger partial charge in [0.1, 0.15) is 5.82 Å². The summed E-state index contributed by atoms with van der Waals surface area (Å²) >= 11 is 1.81. The predicted octanol–water partition coefficient (Wildman–Crippen LogP) is 3.82. The Kier molecular flexibility index (Phi) is 4.10. The van der Waals surface area contributed by atoms with Crippen LogP contribution in [0.1, 0.15) is 17.1 Å². The fourth-order valence-corrected chi connectivity index (χ4v) is 3.14. The molecule has 0 aliphatic carbocycles. The molecule has 0 spiro atoms. The molecule has 0 aliphatic rings. The summed E-state index contributed by atoms with van der Waals surface area (Å²) in [6, 6.07) is 8.12. The van der Waals surface area contributed by atoms with Crippen molar-refractivity contribution >= 4 is 22.4 Å². The highest BCUT2D eigenvalue weighted by atomic mass is 32.1. The summed E-state index contributed by atoms with van der Waals surface area (Å²) in [6.07, 6.45) is 3.13. The summed E-state index contributed by atoms with van der Waals surface area (Å²) in [5.74, 6) is 2.44. The van der Waals surface area contributed by atoms with E-state index < -0.39 is 0 Å². The standard InChI is InChI=1S/C16H18N2O2S/c1-19-14-9-12-13(10-15(14)20-2)18-16(17-12)7-3-5-11-6-4-8-21-11/h4,6,8-10H,3,5,7H2,1-2H3,(H,17,18). The molecule has 4 nitrogen and oxygen atoms in total. The van der Waals surface area contributed by atoms with E-state index in [0.717, 1.165) is 41.9 Å². The molecule has 0 fully saturated rings. The summed E-state index contributed by atoms with van der Waals surface area (Å²) in [6.45, 7) is 0. The van der Waals surface area contributed by atoms with Gasteiger partial charge >= 0.3 is 0 Å². The lowest BCUT2D eigenvalue weighted by Crippen LogP contribution is -1.90. The molecule has 1 N–H and O–H groups in total. The molecule has 3 rings (SSSR count). The lowest BCUT2D eigenvalue weighted by Gasteiger charge is -2.06. The molecule has 0 unspecified atom stereocenters. The topological polar surface area (TPSA) is 47.1 Å². The Balaban J connectivity index is 1.74. The second-order valence-corrected chi connectivity index (χ2v) is 5.87. The van der Waals surface area contributed by atoms with Gasteiger partial charge in [-0.3, -0.25) is 0 Å². The third kappa shape index (κ3) is 3.03. The smallest absolute Gasteiger partial charge is 0.163 e. The molecular formula is C16H18N2O2S. The van der Waals surface area contributed by atoms with Crippen molar-refractivity contribution in [1.82, 2.24) is 9.97 Å². The molecule has 21 heavy (non-hydrogen) atoms. The zero-order valence-corrected chi connectivity index (χ0v) is 13.0. The summed E-state index contributed by atoms with van der Waals surface area (Å²) < 4.78 is 10.6. The number of aromatic amines is 1. The molecule has 0 amide bonds. The molecule has 0 bridgehead atoms. The van der Waals surface area contributed by atoms with Gasteiger partial charge in [0.2, 0.25) is 0 Å². The van der Waals surface area contributed by atoms with E-state index in [1.165, 1.54) is 4.88 Å². The second kappa shape index (κ2) is 6.18. The van der Waals surface area contributed by atoms with Crippen LogP contribution in [0.3, 0.4) is 0 Å². The van der Waals surface area contributed by atoms with E-state index in [0.29, 0.717) is 5.75 Å². The third-order valence-corrected chi connectivity index (χ3v) is 4.39. The maximum absolute atomic E-state index is 5.31. The monoisotopic (exact) mass is 302 g/mol. The molecule has 0 radical (unpaired) electrons. The van der Waals surface area contributed by atoms with Crippen molar-refractivity contribution in [2.45, 2.75) is 19.3 Å². The molecule has 5 heteroatoms. The number of benzene rings is 1. The summed E-state index contributed by atoms with van der Waals surface area (Å²) in [4.78, 5) is 9.41. The Morgan fingerprint density at radius 3 is 2.67 bits per heavy atom. The highest BCUT2D eigenvalue weighted by Gasteiger charge is 2.09. The van der Waals surface area contributed by atoms with Crippen LogP contribution in [0.5, 0.6) is 11.5 Å². The van der Waals surface area contributed by atoms with Crippen molar-refractivity contribution in [1.29, 1.82) is 0 Å². The number of aryl methyl sites for hydroxylation is 2. The average molecular weight is 302 g/mol. The van der Waals surface area contributed by atoms with Crippen molar-refractivity contribution in [3.05, 3.63) is 40.3 Å². The van der Waals surface area contributed by atoms with Crippen molar-refractivity contribution in [2.75, 3.05) is 14.2 Å². The number of thiophene rings is 1. The Hall–Kier alpha value is -2.01. The Morgan fingerprint density at radius 1 is 1.14 bits per heavy atom. The molecule has 3 aromatic rings. The molecule has 0 atom stereocenters. The number of hydrogen-bond donors (Lipinski definition) is 1. The molecule has 0 saturated heterocycles. The zero-order chi connectivity index (χ0) is 14.7. The molecule has 0 aliphatic heterocycles. The highest BCUT2D eigenvalue weighted by Crippen LogP contribution is 2.31. The van der Waals surface area contributed by atoms with E-state index >= 15 is 0 Å². The van der Waals surface area contributed by atoms with Gasteiger partial charge in [-0.05, 0) is 24.3 Å². The molecule has 0 saturated carbocycles. The Bertz CT molecular complexity index is 678. The van der Waals surface area contributed by atoms with E-state index in [9.17, 15) is 0 Å². The first-order chi connectivity index (χ1) is 10.3. The second-order valence-electron chi connectivity index (χ2n) is 4.84. The van der Waals surface area contributed by atoms with Crippen LogP contribution in [0.25, 0.3) is 11.0 Å². The van der Waals surface area contributed by atoms with Gasteiger partial charge in [0.25, 0.3) is 0 Å². The van der Waals surface area contributed by atoms with Crippen LogP contribution >= 0.6 is 11.3 Å². The summed E-state index contributed by atoms with van der Waals surface area (Å²) in [5.41, 5.74) is 1.90. The summed E-state index contributed by atoms with van der Waals surface area (Å²) in [5, 5.41) is 2.12. The number of ether oxygens (including phenoxy) is 2. The number of imidazole rings is 1. The number of H-pyrrole nitrogens is 1. The molecule has 2 aromatic heterocycles. The van der Waals surface area contributed by atoms with Crippen molar-refractivity contribution in [3.8, 4) is 11.5 Å². The van der Waals surface area contributed by atoms with Crippen LogP contribution in [-0.2, 0) is 12.8 Å². The normalized spacial score (nSPS) is 11.0. The number of hydrogen-bond acceptors (Lipinski definition) is 4. The van der Waals surface area contributed by atoms with Gasteiger partial charge in [0.05, 0.1) is 25.3 Å². The van der Waals surface area contributed by atoms with Crippen LogP contribution < -0.4 is 9.47 Å². The molecular weight excluding hydrogens is 284 g/mol.